The van der Waals surface area contributed by atoms with E-state index in [9.17, 15) is 0 Å². The molecular weight excluding hydrogens is 164 g/mol. The molecule has 0 atom stereocenters. The van der Waals surface area contributed by atoms with Gasteiger partial charge in [-0.3, -0.25) is 9.36 Å². The maximum atomic E-state index is 4.20. The fourth-order valence-corrected chi connectivity index (χ4v) is 1.29. The third-order valence-corrected chi connectivity index (χ3v) is 2.02. The Labute approximate surface area is 76.8 Å². The van der Waals surface area contributed by atoms with Crippen molar-refractivity contribution in [3.63, 3.8) is 0 Å². The van der Waals surface area contributed by atoms with Crippen molar-refractivity contribution in [2.24, 2.45) is 7.05 Å². The number of aromatic nitrogens is 4. The average Bonchev–Trinajstić information content (AvgIpc) is 2.64. The van der Waals surface area contributed by atoms with Gasteiger partial charge in [-0.2, -0.15) is 10.2 Å². The second-order valence-corrected chi connectivity index (χ2v) is 3.15. The Morgan fingerprint density at radius 2 is 2.23 bits per heavy atom. The molecule has 2 rings (SSSR count). The van der Waals surface area contributed by atoms with Gasteiger partial charge in [0.1, 0.15) is 0 Å². The molecule has 4 heteroatoms. The molecule has 2 aromatic rings. The van der Waals surface area contributed by atoms with Gasteiger partial charge in [0.05, 0.1) is 12.7 Å². The van der Waals surface area contributed by atoms with Gasteiger partial charge in [0.15, 0.2) is 0 Å². The van der Waals surface area contributed by atoms with Crippen molar-refractivity contribution in [2.45, 2.75) is 13.5 Å². The molecule has 0 aliphatic heterocycles. The van der Waals surface area contributed by atoms with Crippen molar-refractivity contribution in [3.8, 4) is 0 Å². The summed E-state index contributed by atoms with van der Waals surface area (Å²) in [7, 11) is 1.92. The molecule has 0 unspecified atom stereocenters. The number of hydrogen-bond acceptors (Lipinski definition) is 2. The Morgan fingerprint density at radius 3 is 2.77 bits per heavy atom. The molecular formula is C9H12N4. The smallest absolute Gasteiger partial charge is 0.0693 e. The number of aryl methyl sites for hydroxylation is 2. The van der Waals surface area contributed by atoms with Gasteiger partial charge in [-0.1, -0.05) is 0 Å². The van der Waals surface area contributed by atoms with Crippen LogP contribution in [0.4, 0.5) is 0 Å². The Balaban J connectivity index is 2.19. The molecule has 4 nitrogen and oxygen atoms in total. The standard InChI is InChI=1S/C9H12N4/c1-8-3-4-10-13(8)7-9-5-11-12(2)6-9/h3-6H,7H2,1-2H3. The van der Waals surface area contributed by atoms with Crippen molar-refractivity contribution in [1.82, 2.24) is 19.6 Å². The van der Waals surface area contributed by atoms with Crippen molar-refractivity contribution in [1.29, 1.82) is 0 Å². The fourth-order valence-electron chi connectivity index (χ4n) is 1.29. The highest BCUT2D eigenvalue weighted by molar-refractivity contribution is 5.06. The first-order valence-electron chi connectivity index (χ1n) is 4.21. The zero-order chi connectivity index (χ0) is 9.26. The molecule has 0 N–H and O–H groups in total. The van der Waals surface area contributed by atoms with Crippen LogP contribution in [0.5, 0.6) is 0 Å². The lowest BCUT2D eigenvalue weighted by Crippen LogP contribution is -2.02. The summed E-state index contributed by atoms with van der Waals surface area (Å²) in [6.45, 7) is 2.84. The van der Waals surface area contributed by atoms with Crippen LogP contribution in [0.15, 0.2) is 24.7 Å². The second-order valence-electron chi connectivity index (χ2n) is 3.15. The van der Waals surface area contributed by atoms with E-state index >= 15 is 0 Å². The van der Waals surface area contributed by atoms with Crippen LogP contribution in [0.2, 0.25) is 0 Å². The van der Waals surface area contributed by atoms with Crippen molar-refractivity contribution >= 4 is 0 Å². The van der Waals surface area contributed by atoms with Gasteiger partial charge in [0.25, 0.3) is 0 Å². The van der Waals surface area contributed by atoms with E-state index in [0.29, 0.717) is 0 Å². The molecule has 0 saturated heterocycles. The molecule has 0 radical (unpaired) electrons. The fraction of sp³-hybridized carbons (Fsp3) is 0.333. The monoisotopic (exact) mass is 176 g/mol. The Bertz CT molecular complexity index is 399. The molecule has 13 heavy (non-hydrogen) atoms. The number of rotatable bonds is 2. The lowest BCUT2D eigenvalue weighted by atomic mass is 10.3. The lowest BCUT2D eigenvalue weighted by molar-refractivity contribution is 0.664. The molecule has 0 aromatic carbocycles. The van der Waals surface area contributed by atoms with E-state index in [-0.39, 0.29) is 0 Å². The first kappa shape index (κ1) is 8.04. The van der Waals surface area contributed by atoms with Gasteiger partial charge in [0.2, 0.25) is 0 Å². The van der Waals surface area contributed by atoms with Crippen LogP contribution in [0, 0.1) is 6.92 Å². The molecule has 0 aliphatic rings. The zero-order valence-corrected chi connectivity index (χ0v) is 7.81. The van der Waals surface area contributed by atoms with Gasteiger partial charge in [-0.25, -0.2) is 0 Å². The van der Waals surface area contributed by atoms with Crippen molar-refractivity contribution < 1.29 is 0 Å². The summed E-state index contributed by atoms with van der Waals surface area (Å²) in [4.78, 5) is 0. The summed E-state index contributed by atoms with van der Waals surface area (Å²) in [5.41, 5.74) is 2.35. The van der Waals surface area contributed by atoms with E-state index in [4.69, 9.17) is 0 Å². The van der Waals surface area contributed by atoms with Crippen molar-refractivity contribution in [3.05, 3.63) is 35.9 Å². The van der Waals surface area contributed by atoms with Crippen LogP contribution in [0.1, 0.15) is 11.3 Å². The molecule has 0 amide bonds. The second kappa shape index (κ2) is 3.05. The summed E-state index contributed by atoms with van der Waals surface area (Å²) in [5.74, 6) is 0. The van der Waals surface area contributed by atoms with E-state index < -0.39 is 0 Å². The Morgan fingerprint density at radius 1 is 1.38 bits per heavy atom. The summed E-state index contributed by atoms with van der Waals surface area (Å²) >= 11 is 0. The maximum absolute atomic E-state index is 4.20. The first-order chi connectivity index (χ1) is 6.25. The highest BCUT2D eigenvalue weighted by Gasteiger charge is 2.00. The van der Waals surface area contributed by atoms with Gasteiger partial charge < -0.3 is 0 Å². The minimum Gasteiger partial charge on any atom is -0.275 e. The molecule has 2 aromatic heterocycles. The molecule has 2 heterocycles. The van der Waals surface area contributed by atoms with Crippen LogP contribution in [-0.2, 0) is 13.6 Å². The van der Waals surface area contributed by atoms with Crippen LogP contribution < -0.4 is 0 Å². The summed E-state index contributed by atoms with van der Waals surface area (Å²) in [6.07, 6.45) is 5.67. The third-order valence-electron chi connectivity index (χ3n) is 2.02. The van der Waals surface area contributed by atoms with Gasteiger partial charge >= 0.3 is 0 Å². The molecule has 0 fully saturated rings. The predicted octanol–water partition coefficient (Wildman–Crippen LogP) is 0.973. The molecule has 68 valence electrons. The average molecular weight is 176 g/mol. The zero-order valence-electron chi connectivity index (χ0n) is 7.81. The van der Waals surface area contributed by atoms with Crippen molar-refractivity contribution in [2.75, 3.05) is 0 Å². The first-order valence-corrected chi connectivity index (χ1v) is 4.21. The molecule has 0 saturated carbocycles. The highest BCUT2D eigenvalue weighted by atomic mass is 15.3. The minimum absolute atomic E-state index is 0.798. The summed E-state index contributed by atoms with van der Waals surface area (Å²) in [5, 5.41) is 8.30. The highest BCUT2D eigenvalue weighted by Crippen LogP contribution is 2.02. The number of nitrogens with zero attached hydrogens (tertiary/aromatic N) is 4. The maximum Gasteiger partial charge on any atom is 0.0693 e. The predicted molar refractivity (Wildman–Crippen MR) is 49.3 cm³/mol. The normalized spacial score (nSPS) is 10.6. The molecule has 0 bridgehead atoms. The third kappa shape index (κ3) is 1.61. The summed E-state index contributed by atoms with van der Waals surface area (Å²) in [6, 6.07) is 2.00. The molecule has 0 spiro atoms. The topological polar surface area (TPSA) is 35.6 Å². The van der Waals surface area contributed by atoms with E-state index in [1.807, 2.05) is 43.3 Å². The van der Waals surface area contributed by atoms with Crippen LogP contribution >= 0.6 is 0 Å². The SMILES string of the molecule is Cc1ccnn1Cc1cnn(C)c1. The summed E-state index contributed by atoms with van der Waals surface area (Å²) < 4.78 is 3.76. The van der Waals surface area contributed by atoms with Crippen LogP contribution in [0.25, 0.3) is 0 Å². The van der Waals surface area contributed by atoms with E-state index in [1.54, 1.807) is 4.68 Å². The largest absolute Gasteiger partial charge is 0.275 e. The molecule has 0 aliphatic carbocycles. The van der Waals surface area contributed by atoms with Gasteiger partial charge in [-0.15, -0.1) is 0 Å². The number of hydrogen-bond donors (Lipinski definition) is 0. The Kier molecular flexibility index (Phi) is 1.88. The van der Waals surface area contributed by atoms with E-state index in [2.05, 4.69) is 10.2 Å². The van der Waals surface area contributed by atoms with Gasteiger partial charge in [0, 0.05) is 30.7 Å². The minimum atomic E-state index is 0.798. The van der Waals surface area contributed by atoms with Crippen LogP contribution in [-0.4, -0.2) is 19.6 Å². The van der Waals surface area contributed by atoms with Gasteiger partial charge in [-0.05, 0) is 13.0 Å². The van der Waals surface area contributed by atoms with E-state index in [0.717, 1.165) is 6.54 Å². The van der Waals surface area contributed by atoms with E-state index in [1.165, 1.54) is 11.3 Å². The van der Waals surface area contributed by atoms with Crippen LogP contribution in [0.3, 0.4) is 0 Å². The lowest BCUT2D eigenvalue weighted by Gasteiger charge is -2.00. The quantitative estimate of drug-likeness (QED) is 0.683. The Hall–Kier alpha value is -1.58.